The summed E-state index contributed by atoms with van der Waals surface area (Å²) in [5, 5.41) is 4.41. The fourth-order valence-electron chi connectivity index (χ4n) is 1.97. The Kier molecular flexibility index (Phi) is 6.08. The fraction of sp³-hybridized carbons (Fsp3) is 0.333. The first-order chi connectivity index (χ1) is 10.0. The highest BCUT2D eigenvalue weighted by molar-refractivity contribution is 14.1. The molecule has 0 fully saturated rings. The summed E-state index contributed by atoms with van der Waals surface area (Å²) in [7, 11) is 0. The van der Waals surface area contributed by atoms with Crippen LogP contribution in [0.4, 0.5) is 5.82 Å². The van der Waals surface area contributed by atoms with E-state index < -0.39 is 0 Å². The van der Waals surface area contributed by atoms with E-state index >= 15 is 0 Å². The van der Waals surface area contributed by atoms with Gasteiger partial charge in [-0.3, -0.25) is 0 Å². The van der Waals surface area contributed by atoms with Crippen molar-refractivity contribution in [2.24, 2.45) is 0 Å². The highest BCUT2D eigenvalue weighted by Crippen LogP contribution is 2.25. The Morgan fingerprint density at radius 3 is 2.52 bits per heavy atom. The number of anilines is 1. The van der Waals surface area contributed by atoms with Gasteiger partial charge in [-0.25, -0.2) is 9.97 Å². The van der Waals surface area contributed by atoms with Crippen molar-refractivity contribution < 1.29 is 0 Å². The highest BCUT2D eigenvalue weighted by atomic mass is 127. The predicted molar refractivity (Wildman–Crippen MR) is 97.6 cm³/mol. The second-order valence-electron chi connectivity index (χ2n) is 4.56. The van der Waals surface area contributed by atoms with Crippen molar-refractivity contribution >= 4 is 51.6 Å². The van der Waals surface area contributed by atoms with E-state index in [1.807, 2.05) is 12.1 Å². The molecule has 0 aliphatic heterocycles. The molecule has 0 aliphatic carbocycles. The first-order valence-corrected chi connectivity index (χ1v) is 8.61. The maximum absolute atomic E-state index is 6.06. The minimum absolute atomic E-state index is 0.558. The number of benzene rings is 1. The van der Waals surface area contributed by atoms with Crippen molar-refractivity contribution in [3.05, 3.63) is 48.9 Å². The van der Waals surface area contributed by atoms with E-state index in [4.69, 9.17) is 23.2 Å². The average Bonchev–Trinajstić information content (AvgIpc) is 2.46. The van der Waals surface area contributed by atoms with Gasteiger partial charge in [0, 0.05) is 13.0 Å². The summed E-state index contributed by atoms with van der Waals surface area (Å²) in [6.45, 7) is 4.99. The Labute approximate surface area is 148 Å². The van der Waals surface area contributed by atoms with Crippen molar-refractivity contribution in [3.63, 3.8) is 0 Å². The number of hydrogen-bond acceptors (Lipinski definition) is 3. The molecule has 1 N–H and O–H groups in total. The zero-order chi connectivity index (χ0) is 15.4. The maximum atomic E-state index is 6.06. The number of hydrogen-bond donors (Lipinski definition) is 1. The number of aryl methyl sites for hydroxylation is 1. The molecule has 0 aliphatic rings. The molecular formula is C15H16Cl2IN3. The molecule has 112 valence electrons. The minimum atomic E-state index is 0.558. The lowest BCUT2D eigenvalue weighted by Crippen LogP contribution is -2.09. The van der Waals surface area contributed by atoms with Crippen LogP contribution in [-0.2, 0) is 12.8 Å². The molecule has 1 aromatic carbocycles. The van der Waals surface area contributed by atoms with E-state index in [0.717, 1.165) is 39.4 Å². The van der Waals surface area contributed by atoms with Gasteiger partial charge in [0.25, 0.3) is 0 Å². The van der Waals surface area contributed by atoms with Gasteiger partial charge >= 0.3 is 0 Å². The van der Waals surface area contributed by atoms with E-state index in [9.17, 15) is 0 Å². The lowest BCUT2D eigenvalue weighted by atomic mass is 10.1. The van der Waals surface area contributed by atoms with Gasteiger partial charge < -0.3 is 5.32 Å². The zero-order valence-electron chi connectivity index (χ0n) is 11.9. The normalized spacial score (nSPS) is 10.7. The molecule has 1 heterocycles. The van der Waals surface area contributed by atoms with Gasteiger partial charge in [0.1, 0.15) is 11.6 Å². The van der Waals surface area contributed by atoms with Gasteiger partial charge in [0.05, 0.1) is 19.3 Å². The first kappa shape index (κ1) is 16.8. The van der Waals surface area contributed by atoms with E-state index in [0.29, 0.717) is 16.5 Å². The first-order valence-electron chi connectivity index (χ1n) is 6.78. The van der Waals surface area contributed by atoms with Gasteiger partial charge in [0.15, 0.2) is 0 Å². The van der Waals surface area contributed by atoms with Crippen LogP contribution in [0.25, 0.3) is 0 Å². The SMILES string of the molecule is CCNc1nc(Cc2ccc(Cl)c(Cl)c2)nc(CC)c1I. The number of rotatable bonds is 5. The summed E-state index contributed by atoms with van der Waals surface area (Å²) < 4.78 is 1.09. The number of aromatic nitrogens is 2. The van der Waals surface area contributed by atoms with Crippen LogP contribution in [-0.4, -0.2) is 16.5 Å². The smallest absolute Gasteiger partial charge is 0.143 e. The summed E-state index contributed by atoms with van der Waals surface area (Å²) in [6, 6.07) is 5.62. The van der Waals surface area contributed by atoms with Crippen LogP contribution < -0.4 is 5.32 Å². The summed E-state index contributed by atoms with van der Waals surface area (Å²) in [6.07, 6.45) is 1.52. The molecule has 1 aromatic heterocycles. The van der Waals surface area contributed by atoms with Crippen molar-refractivity contribution in [2.75, 3.05) is 11.9 Å². The molecule has 0 saturated heterocycles. The molecule has 0 unspecified atom stereocenters. The quantitative estimate of drug-likeness (QED) is 0.673. The van der Waals surface area contributed by atoms with Gasteiger partial charge in [-0.1, -0.05) is 36.2 Å². The van der Waals surface area contributed by atoms with Gasteiger partial charge in [-0.05, 0) is 53.6 Å². The molecular weight excluding hydrogens is 420 g/mol. The maximum Gasteiger partial charge on any atom is 0.143 e. The van der Waals surface area contributed by atoms with Crippen LogP contribution in [0.2, 0.25) is 10.0 Å². The third-order valence-corrected chi connectivity index (χ3v) is 4.86. The van der Waals surface area contributed by atoms with Crippen LogP contribution >= 0.6 is 45.8 Å². The van der Waals surface area contributed by atoms with Crippen LogP contribution in [0.5, 0.6) is 0 Å². The topological polar surface area (TPSA) is 37.8 Å². The van der Waals surface area contributed by atoms with E-state index in [1.165, 1.54) is 0 Å². The molecule has 0 atom stereocenters. The monoisotopic (exact) mass is 435 g/mol. The van der Waals surface area contributed by atoms with Gasteiger partial charge in [-0.15, -0.1) is 0 Å². The van der Waals surface area contributed by atoms with Crippen LogP contribution in [0.3, 0.4) is 0 Å². The standard InChI is InChI=1S/C15H16Cl2IN3/c1-3-12-14(18)15(19-4-2)21-13(20-12)8-9-5-6-10(16)11(17)7-9/h5-7H,3-4,8H2,1-2H3,(H,19,20,21). The third kappa shape index (κ3) is 4.20. The van der Waals surface area contributed by atoms with Crippen molar-refractivity contribution in [1.29, 1.82) is 0 Å². The second-order valence-corrected chi connectivity index (χ2v) is 6.45. The summed E-state index contributed by atoms with van der Waals surface area (Å²) in [5.74, 6) is 1.70. The predicted octanol–water partition coefficient (Wildman–Crippen LogP) is 4.97. The molecule has 2 aromatic rings. The largest absolute Gasteiger partial charge is 0.369 e. The lowest BCUT2D eigenvalue weighted by molar-refractivity contribution is 0.893. The summed E-state index contributed by atoms with van der Waals surface area (Å²) >= 11 is 14.3. The molecule has 0 bridgehead atoms. The van der Waals surface area contributed by atoms with Gasteiger partial charge in [-0.2, -0.15) is 0 Å². The van der Waals surface area contributed by atoms with E-state index in [1.54, 1.807) is 6.07 Å². The average molecular weight is 436 g/mol. The van der Waals surface area contributed by atoms with Crippen LogP contribution in [0.15, 0.2) is 18.2 Å². The molecule has 0 radical (unpaired) electrons. The second kappa shape index (κ2) is 7.61. The summed E-state index contributed by atoms with van der Waals surface area (Å²) in [5.41, 5.74) is 2.12. The minimum Gasteiger partial charge on any atom is -0.369 e. The van der Waals surface area contributed by atoms with Crippen LogP contribution in [0.1, 0.15) is 30.9 Å². The van der Waals surface area contributed by atoms with E-state index in [2.05, 4.69) is 51.7 Å². The van der Waals surface area contributed by atoms with Crippen molar-refractivity contribution in [3.8, 4) is 0 Å². The molecule has 21 heavy (non-hydrogen) atoms. The Balaban J connectivity index is 2.34. The van der Waals surface area contributed by atoms with Crippen molar-refractivity contribution in [2.45, 2.75) is 26.7 Å². The number of nitrogens with zero attached hydrogens (tertiary/aromatic N) is 2. The summed E-state index contributed by atoms with van der Waals surface area (Å²) in [4.78, 5) is 9.26. The molecule has 6 heteroatoms. The number of halogens is 3. The molecule has 0 amide bonds. The fourth-order valence-corrected chi connectivity index (χ4v) is 3.11. The highest BCUT2D eigenvalue weighted by Gasteiger charge is 2.11. The van der Waals surface area contributed by atoms with E-state index in [-0.39, 0.29) is 0 Å². The molecule has 3 nitrogen and oxygen atoms in total. The zero-order valence-corrected chi connectivity index (χ0v) is 15.6. The Morgan fingerprint density at radius 1 is 1.14 bits per heavy atom. The van der Waals surface area contributed by atoms with Gasteiger partial charge in [0.2, 0.25) is 0 Å². The van der Waals surface area contributed by atoms with Crippen molar-refractivity contribution in [1.82, 2.24) is 9.97 Å². The molecule has 0 saturated carbocycles. The molecule has 2 rings (SSSR count). The Hall–Kier alpha value is -0.590. The Morgan fingerprint density at radius 2 is 1.90 bits per heavy atom. The van der Waals surface area contributed by atoms with Crippen LogP contribution in [0, 0.1) is 3.57 Å². The third-order valence-electron chi connectivity index (χ3n) is 2.99. The Bertz CT molecular complexity index is 647. The molecule has 0 spiro atoms. The number of nitrogens with one attached hydrogen (secondary N) is 1. The lowest BCUT2D eigenvalue weighted by Gasteiger charge is -2.11.